The van der Waals surface area contributed by atoms with Gasteiger partial charge in [-0.25, -0.2) is 0 Å². The molecule has 4 nitrogen and oxygen atoms in total. The topological polar surface area (TPSA) is 77.8 Å². The first-order valence-corrected chi connectivity index (χ1v) is 15.9. The number of carbonyl (C=O) groups excluding carboxylic acids is 1. The summed E-state index contributed by atoms with van der Waals surface area (Å²) in [6.45, 7) is 18.5. The lowest BCUT2D eigenvalue weighted by Crippen LogP contribution is -2.32. The maximum Gasteiger partial charge on any atom is 0.165 e. The Labute approximate surface area is 267 Å². The number of Topliss-reactive ketones (excluding diaryl/α,β-unsaturated/α-hetero) is 1. The Bertz CT molecular complexity index is 1330. The number of aliphatic hydroxyl groups is 3. The van der Waals surface area contributed by atoms with Gasteiger partial charge in [0, 0.05) is 17.9 Å². The second-order valence-electron chi connectivity index (χ2n) is 14.0. The van der Waals surface area contributed by atoms with Crippen LogP contribution < -0.4 is 0 Å². The molecule has 0 unspecified atom stereocenters. The van der Waals surface area contributed by atoms with Gasteiger partial charge in [-0.3, -0.25) is 4.79 Å². The highest BCUT2D eigenvalue weighted by Crippen LogP contribution is 2.43. The first-order valence-electron chi connectivity index (χ1n) is 15.9. The fourth-order valence-corrected chi connectivity index (χ4v) is 6.39. The highest BCUT2D eigenvalue weighted by molar-refractivity contribution is 5.97. The number of carbonyl (C=O) groups is 1. The standard InChI is InChI=1S/C40H56O4/c1-28(16-12-17-30(3)20-21-36-31(4)22-34(42)25-39(36,6)7)14-10-11-15-29(2)18-13-19-33(27-41)38(44)24-37-32(5)23-35(43)26-40(37,8)9/h10-22,34-36,41-43H,23-27H2,1-9H3/b11-10+,16-12+,18-13+,21-20+,28-14+,29-15+,30-17+,33-19+/t34-,35+,36-/m0/s1. The van der Waals surface area contributed by atoms with Crippen molar-refractivity contribution in [2.45, 2.75) is 100 Å². The molecule has 3 N–H and O–H groups in total. The molecule has 0 spiro atoms. The lowest BCUT2D eigenvalue weighted by Gasteiger charge is -2.38. The van der Waals surface area contributed by atoms with Crippen LogP contribution in [-0.4, -0.2) is 39.9 Å². The summed E-state index contributed by atoms with van der Waals surface area (Å²) in [5.74, 6) is 0.248. The summed E-state index contributed by atoms with van der Waals surface area (Å²) in [6.07, 6.45) is 27.7. The van der Waals surface area contributed by atoms with Crippen LogP contribution in [0.1, 0.15) is 88.0 Å². The molecular formula is C40H56O4. The van der Waals surface area contributed by atoms with Gasteiger partial charge in [0.25, 0.3) is 0 Å². The van der Waals surface area contributed by atoms with Gasteiger partial charge in [0.1, 0.15) is 0 Å². The molecule has 240 valence electrons. The Balaban J connectivity index is 1.94. The fourth-order valence-electron chi connectivity index (χ4n) is 6.39. The zero-order chi connectivity index (χ0) is 33.1. The van der Waals surface area contributed by atoms with E-state index in [2.05, 4.69) is 84.9 Å². The van der Waals surface area contributed by atoms with Gasteiger partial charge in [-0.2, -0.15) is 0 Å². The highest BCUT2D eigenvalue weighted by Gasteiger charge is 2.35. The zero-order valence-electron chi connectivity index (χ0n) is 28.5. The van der Waals surface area contributed by atoms with Crippen molar-refractivity contribution < 1.29 is 20.1 Å². The summed E-state index contributed by atoms with van der Waals surface area (Å²) < 4.78 is 0. The molecule has 44 heavy (non-hydrogen) atoms. The molecule has 0 radical (unpaired) electrons. The van der Waals surface area contributed by atoms with Crippen LogP contribution in [0.2, 0.25) is 0 Å². The molecule has 0 aliphatic heterocycles. The van der Waals surface area contributed by atoms with Gasteiger partial charge in [-0.1, -0.05) is 140 Å². The molecule has 0 aromatic heterocycles. The van der Waals surface area contributed by atoms with Crippen LogP contribution in [0.4, 0.5) is 0 Å². The summed E-state index contributed by atoms with van der Waals surface area (Å²) in [5, 5.41) is 30.0. The molecule has 2 aliphatic rings. The first-order chi connectivity index (χ1) is 20.6. The van der Waals surface area contributed by atoms with Crippen molar-refractivity contribution in [3.05, 3.63) is 118 Å². The minimum absolute atomic E-state index is 0.0349. The molecule has 2 aliphatic carbocycles. The Kier molecular flexibility index (Phi) is 14.2. The molecular weight excluding hydrogens is 544 g/mol. The largest absolute Gasteiger partial charge is 0.393 e. The summed E-state index contributed by atoms with van der Waals surface area (Å²) in [7, 11) is 0. The molecule has 2 rings (SSSR count). The Hall–Kier alpha value is -3.05. The van der Waals surface area contributed by atoms with Crippen molar-refractivity contribution >= 4 is 5.78 Å². The molecule has 0 bridgehead atoms. The van der Waals surface area contributed by atoms with Crippen LogP contribution in [0.25, 0.3) is 0 Å². The van der Waals surface area contributed by atoms with Crippen LogP contribution in [0, 0.1) is 16.7 Å². The van der Waals surface area contributed by atoms with Crippen molar-refractivity contribution in [3.63, 3.8) is 0 Å². The fraction of sp³-hybridized carbons (Fsp3) is 0.475. The SMILES string of the molecule is CC1=C[C@H](O)CC(C)(C)[C@H]1/C=C/C(C)=C/C=C/C(C)=C/C=C/C=C(C)/C=C/C=C(\CO)C(=O)CC1=C(C)C[C@@H](O)CC1(C)C. The quantitative estimate of drug-likeness (QED) is 0.119. The van der Waals surface area contributed by atoms with Gasteiger partial charge in [-0.05, 0) is 64.7 Å². The lowest BCUT2D eigenvalue weighted by atomic mass is 9.67. The average Bonchev–Trinajstić information content (AvgIpc) is 2.89. The molecule has 0 heterocycles. The molecule has 0 fully saturated rings. The maximum atomic E-state index is 13.0. The smallest absolute Gasteiger partial charge is 0.165 e. The van der Waals surface area contributed by atoms with E-state index in [-0.39, 0.29) is 41.8 Å². The predicted molar refractivity (Wildman–Crippen MR) is 186 cm³/mol. The molecule has 0 saturated heterocycles. The normalized spacial score (nSPS) is 25.6. The van der Waals surface area contributed by atoms with E-state index in [1.165, 1.54) is 11.1 Å². The first kappa shape index (κ1) is 37.1. The number of rotatable bonds is 12. The number of aliphatic hydroxyl groups excluding tert-OH is 3. The number of hydrogen-bond acceptors (Lipinski definition) is 4. The van der Waals surface area contributed by atoms with Gasteiger partial charge in [-0.15, -0.1) is 0 Å². The second-order valence-corrected chi connectivity index (χ2v) is 14.0. The van der Waals surface area contributed by atoms with Gasteiger partial charge < -0.3 is 15.3 Å². The van der Waals surface area contributed by atoms with E-state index in [1.807, 2.05) is 50.3 Å². The van der Waals surface area contributed by atoms with Crippen LogP contribution in [-0.2, 0) is 4.79 Å². The zero-order valence-corrected chi connectivity index (χ0v) is 28.5. The van der Waals surface area contributed by atoms with Crippen molar-refractivity contribution in [2.75, 3.05) is 6.61 Å². The van der Waals surface area contributed by atoms with E-state index in [0.29, 0.717) is 24.3 Å². The summed E-state index contributed by atoms with van der Waals surface area (Å²) in [6, 6.07) is 0. The molecule has 0 aromatic carbocycles. The maximum absolute atomic E-state index is 13.0. The monoisotopic (exact) mass is 600 g/mol. The van der Waals surface area contributed by atoms with Crippen LogP contribution in [0.15, 0.2) is 118 Å². The van der Waals surface area contributed by atoms with Gasteiger partial charge in [0.2, 0.25) is 0 Å². The third kappa shape index (κ3) is 11.8. The molecule has 4 heteroatoms. The average molecular weight is 601 g/mol. The second kappa shape index (κ2) is 16.9. The number of ketones is 1. The van der Waals surface area contributed by atoms with Crippen LogP contribution >= 0.6 is 0 Å². The molecule has 0 saturated carbocycles. The lowest BCUT2D eigenvalue weighted by molar-refractivity contribution is -0.115. The number of hydrogen-bond donors (Lipinski definition) is 3. The summed E-state index contributed by atoms with van der Waals surface area (Å²) >= 11 is 0. The van der Waals surface area contributed by atoms with E-state index in [1.54, 1.807) is 6.08 Å². The number of allylic oxidation sites excluding steroid dienone is 17. The minimum Gasteiger partial charge on any atom is -0.393 e. The third-order valence-electron chi connectivity index (χ3n) is 8.76. The minimum atomic E-state index is -0.363. The van der Waals surface area contributed by atoms with Crippen molar-refractivity contribution in [1.29, 1.82) is 0 Å². The third-order valence-corrected chi connectivity index (χ3v) is 8.76. The highest BCUT2D eigenvalue weighted by atomic mass is 16.3. The van der Waals surface area contributed by atoms with E-state index < -0.39 is 0 Å². The summed E-state index contributed by atoms with van der Waals surface area (Å²) in [5.41, 5.74) is 6.91. The Morgan fingerprint density at radius 2 is 1.39 bits per heavy atom. The molecule has 3 atom stereocenters. The molecule has 0 amide bonds. The Morgan fingerprint density at radius 1 is 0.841 bits per heavy atom. The van der Waals surface area contributed by atoms with Crippen molar-refractivity contribution in [1.82, 2.24) is 0 Å². The van der Waals surface area contributed by atoms with Crippen molar-refractivity contribution in [2.24, 2.45) is 16.7 Å². The Morgan fingerprint density at radius 3 is 1.93 bits per heavy atom. The van der Waals surface area contributed by atoms with Gasteiger partial charge in [0.05, 0.1) is 18.8 Å². The predicted octanol–water partition coefficient (Wildman–Crippen LogP) is 8.78. The van der Waals surface area contributed by atoms with Gasteiger partial charge >= 0.3 is 0 Å². The van der Waals surface area contributed by atoms with Crippen molar-refractivity contribution in [3.8, 4) is 0 Å². The molecule has 0 aromatic rings. The van der Waals surface area contributed by atoms with Crippen LogP contribution in [0.3, 0.4) is 0 Å². The van der Waals surface area contributed by atoms with E-state index >= 15 is 0 Å². The van der Waals surface area contributed by atoms with E-state index in [0.717, 1.165) is 28.7 Å². The summed E-state index contributed by atoms with van der Waals surface area (Å²) in [4.78, 5) is 13.0. The van der Waals surface area contributed by atoms with E-state index in [9.17, 15) is 20.1 Å². The van der Waals surface area contributed by atoms with Crippen LogP contribution in [0.5, 0.6) is 0 Å². The van der Waals surface area contributed by atoms with E-state index in [4.69, 9.17) is 0 Å². The van der Waals surface area contributed by atoms with Gasteiger partial charge in [0.15, 0.2) is 5.78 Å².